The number of hydrogen-bond acceptors (Lipinski definition) is 3. The van der Waals surface area contributed by atoms with Gasteiger partial charge in [0.15, 0.2) is 5.69 Å². The summed E-state index contributed by atoms with van der Waals surface area (Å²) >= 11 is 4.52. The number of amides is 1. The van der Waals surface area contributed by atoms with E-state index in [0.717, 1.165) is 24.3 Å². The van der Waals surface area contributed by atoms with Gasteiger partial charge in [0.1, 0.15) is 0 Å². The number of alkyl halides is 7. The normalized spacial score (nSPS) is 14.6. The quantitative estimate of drug-likeness (QED) is 0.443. The van der Waals surface area contributed by atoms with E-state index in [1.54, 1.807) is 0 Å². The predicted molar refractivity (Wildman–Crippen MR) is 61.5 cm³/mol. The van der Waals surface area contributed by atoms with E-state index in [4.69, 9.17) is 5.21 Å². The summed E-state index contributed by atoms with van der Waals surface area (Å²) in [6, 6.07) is 3.42. The van der Waals surface area contributed by atoms with Gasteiger partial charge in [0, 0.05) is 17.8 Å². The highest BCUT2D eigenvalue weighted by Crippen LogP contribution is 2.48. The van der Waals surface area contributed by atoms with Crippen molar-refractivity contribution >= 4 is 28.9 Å². The molecule has 0 aromatic heterocycles. The van der Waals surface area contributed by atoms with Gasteiger partial charge >= 0.3 is 17.2 Å². The smallest absolute Gasteiger partial charge is 0.425 e. The molecule has 0 saturated heterocycles. The molecule has 0 heterocycles. The van der Waals surface area contributed by atoms with Crippen molar-refractivity contribution in [3.8, 4) is 0 Å². The van der Waals surface area contributed by atoms with E-state index < -0.39 is 34.0 Å². The second kappa shape index (κ2) is 5.91. The molecule has 0 aliphatic rings. The number of halogens is 7. The molecule has 12 heteroatoms. The van der Waals surface area contributed by atoms with E-state index in [0.29, 0.717) is 0 Å². The number of hydrogen-bond donors (Lipinski definition) is 3. The molecule has 1 rings (SSSR count). The summed E-state index contributed by atoms with van der Waals surface area (Å²) in [5.41, 5.74) is -0.754. The third-order valence-corrected chi connectivity index (χ3v) is 3.08. The predicted octanol–water partition coefficient (Wildman–Crippen LogP) is 2.13. The fourth-order valence-electron chi connectivity index (χ4n) is 1.33. The second-order valence-electron chi connectivity index (χ2n) is 3.99. The standard InChI is InChI=1S/C10H7ClF6N2O3/c11-8(9(12,13)14,10(15,16)17)7(20)18-5-1-3-6(4-2-5)19(21)22/h1-4,19,21H,(H,18,20). The lowest BCUT2D eigenvalue weighted by Crippen LogP contribution is -2.99. The molecule has 5 nitrogen and oxygen atoms in total. The Balaban J connectivity index is 3.08. The molecule has 0 saturated carbocycles. The maximum absolute atomic E-state index is 12.5. The second-order valence-corrected chi connectivity index (χ2v) is 4.56. The molecule has 1 aromatic carbocycles. The topological polar surface area (TPSA) is 76.8 Å². The molecule has 1 amide bonds. The van der Waals surface area contributed by atoms with Crippen LogP contribution >= 0.6 is 11.6 Å². The lowest BCUT2D eigenvalue weighted by molar-refractivity contribution is -0.991. The molecule has 1 aromatic rings. The number of rotatable bonds is 3. The maximum atomic E-state index is 12.5. The summed E-state index contributed by atoms with van der Waals surface area (Å²) in [5.74, 6) is -2.54. The van der Waals surface area contributed by atoms with Crippen molar-refractivity contribution in [3.63, 3.8) is 0 Å². The highest BCUT2D eigenvalue weighted by atomic mass is 35.5. The van der Waals surface area contributed by atoms with Crippen LogP contribution in [0, 0.1) is 5.21 Å². The number of nitrogens with one attached hydrogen (secondary N) is 2. The Morgan fingerprint density at radius 1 is 1.09 bits per heavy atom. The van der Waals surface area contributed by atoms with Crippen LogP contribution in [0.25, 0.3) is 0 Å². The molecule has 0 aliphatic carbocycles. The van der Waals surface area contributed by atoms with Gasteiger partial charge in [-0.1, -0.05) is 11.6 Å². The minimum absolute atomic E-state index is 0.276. The third-order valence-electron chi connectivity index (χ3n) is 2.48. The molecule has 0 bridgehead atoms. The van der Waals surface area contributed by atoms with Crippen molar-refractivity contribution < 1.29 is 41.6 Å². The molecule has 1 unspecified atom stereocenters. The van der Waals surface area contributed by atoms with Gasteiger partial charge in [-0.05, 0) is 12.1 Å². The minimum Gasteiger partial charge on any atom is -0.595 e. The molecule has 124 valence electrons. The number of carbonyl (C=O) groups excluding carboxylic acids is 1. The van der Waals surface area contributed by atoms with Crippen LogP contribution in [0.4, 0.5) is 37.7 Å². The monoisotopic (exact) mass is 352 g/mol. The van der Waals surface area contributed by atoms with Crippen molar-refractivity contribution in [2.24, 2.45) is 0 Å². The molecular formula is C10H7ClF6N2O3. The SMILES string of the molecule is O=C(Nc1ccc([NH+]([O-])O)cc1)C(Cl)(C(F)(F)F)C(F)(F)F. The van der Waals surface area contributed by atoms with E-state index in [-0.39, 0.29) is 5.69 Å². The van der Waals surface area contributed by atoms with Gasteiger partial charge in [-0.15, -0.1) is 0 Å². The van der Waals surface area contributed by atoms with Crippen molar-refractivity contribution in [3.05, 3.63) is 29.5 Å². The van der Waals surface area contributed by atoms with Crippen molar-refractivity contribution in [2.45, 2.75) is 17.2 Å². The number of quaternary nitrogens is 1. The van der Waals surface area contributed by atoms with Crippen LogP contribution in [0.15, 0.2) is 24.3 Å². The highest BCUT2D eigenvalue weighted by Gasteiger charge is 2.75. The van der Waals surface area contributed by atoms with E-state index in [1.165, 1.54) is 5.32 Å². The zero-order valence-corrected chi connectivity index (χ0v) is 11.0. The van der Waals surface area contributed by atoms with Gasteiger partial charge in [-0.3, -0.25) is 4.79 Å². The van der Waals surface area contributed by atoms with Gasteiger partial charge in [0.05, 0.1) is 0 Å². The van der Waals surface area contributed by atoms with Gasteiger partial charge in [0.2, 0.25) is 0 Å². The molecular weight excluding hydrogens is 346 g/mol. The van der Waals surface area contributed by atoms with E-state index in [2.05, 4.69) is 11.6 Å². The summed E-state index contributed by atoms with van der Waals surface area (Å²) in [7, 11) is 0. The third kappa shape index (κ3) is 3.43. The average Bonchev–Trinajstić information content (AvgIpc) is 2.35. The fraction of sp³-hybridized carbons (Fsp3) is 0.300. The number of anilines is 1. The Morgan fingerprint density at radius 2 is 1.50 bits per heavy atom. The molecule has 22 heavy (non-hydrogen) atoms. The first-order valence-corrected chi connectivity index (χ1v) is 5.65. The summed E-state index contributed by atoms with van der Waals surface area (Å²) in [5, 5.41) is 19.1. The summed E-state index contributed by atoms with van der Waals surface area (Å²) < 4.78 is 75.2. The Labute approximate surface area is 123 Å². The van der Waals surface area contributed by atoms with Gasteiger partial charge in [0.25, 0.3) is 5.91 Å². The summed E-state index contributed by atoms with van der Waals surface area (Å²) in [4.78, 5) is 6.23. The number of carbonyl (C=O) groups is 1. The van der Waals surface area contributed by atoms with Crippen LogP contribution in [0.5, 0.6) is 0 Å². The van der Waals surface area contributed by atoms with Crippen LogP contribution in [0.1, 0.15) is 0 Å². The van der Waals surface area contributed by atoms with Gasteiger partial charge in [-0.25, -0.2) is 5.21 Å². The van der Waals surface area contributed by atoms with E-state index in [1.807, 2.05) is 0 Å². The van der Waals surface area contributed by atoms with E-state index in [9.17, 15) is 36.3 Å². The zero-order chi connectivity index (χ0) is 17.3. The highest BCUT2D eigenvalue weighted by molar-refractivity contribution is 6.38. The molecule has 3 N–H and O–H groups in total. The molecule has 0 fully saturated rings. The minimum atomic E-state index is -6.09. The van der Waals surface area contributed by atoms with Gasteiger partial charge in [-0.2, -0.15) is 31.6 Å². The number of benzene rings is 1. The van der Waals surface area contributed by atoms with Crippen LogP contribution in [0.3, 0.4) is 0 Å². The first-order chi connectivity index (χ1) is 9.80. The molecule has 0 aliphatic heterocycles. The molecule has 0 radical (unpaired) electrons. The average molecular weight is 353 g/mol. The first kappa shape index (κ1) is 18.5. The molecule has 1 atom stereocenters. The largest absolute Gasteiger partial charge is 0.595 e. The van der Waals surface area contributed by atoms with Crippen molar-refractivity contribution in [1.29, 1.82) is 0 Å². The Morgan fingerprint density at radius 3 is 1.82 bits per heavy atom. The van der Waals surface area contributed by atoms with Crippen molar-refractivity contribution in [2.75, 3.05) is 5.32 Å². The Bertz CT molecular complexity index is 529. The lowest BCUT2D eigenvalue weighted by Gasteiger charge is -2.30. The lowest BCUT2D eigenvalue weighted by atomic mass is 10.1. The first-order valence-electron chi connectivity index (χ1n) is 5.28. The molecule has 0 spiro atoms. The van der Waals surface area contributed by atoms with Gasteiger partial charge < -0.3 is 10.5 Å². The van der Waals surface area contributed by atoms with Crippen molar-refractivity contribution in [1.82, 2.24) is 0 Å². The summed E-state index contributed by atoms with van der Waals surface area (Å²) in [6.07, 6.45) is -12.2. The van der Waals surface area contributed by atoms with E-state index >= 15 is 0 Å². The maximum Gasteiger partial charge on any atom is 0.425 e. The summed E-state index contributed by atoms with van der Waals surface area (Å²) in [6.45, 7) is 0. The van der Waals surface area contributed by atoms with Crippen LogP contribution in [0.2, 0.25) is 0 Å². The van der Waals surface area contributed by atoms with Crippen LogP contribution in [-0.4, -0.2) is 28.3 Å². The zero-order valence-electron chi connectivity index (χ0n) is 10.2. The Kier molecular flexibility index (Phi) is 4.97. The van der Waals surface area contributed by atoms with Crippen LogP contribution in [-0.2, 0) is 4.79 Å². The van der Waals surface area contributed by atoms with Crippen LogP contribution < -0.4 is 10.5 Å². The Hall–Kier alpha value is -1.56. The fourth-order valence-corrected chi connectivity index (χ4v) is 1.38.